The van der Waals surface area contributed by atoms with E-state index in [4.69, 9.17) is 41.6 Å². The summed E-state index contributed by atoms with van der Waals surface area (Å²) in [5, 5.41) is 30.7. The summed E-state index contributed by atoms with van der Waals surface area (Å²) in [6, 6.07) is 10.7. The molecule has 18 heteroatoms. The van der Waals surface area contributed by atoms with Crippen molar-refractivity contribution in [3.05, 3.63) is 82.3 Å². The van der Waals surface area contributed by atoms with E-state index in [2.05, 4.69) is 36.9 Å². The second-order valence-corrected chi connectivity index (χ2v) is 12.3. The number of ether oxygens (including phenoxy) is 4. The first-order chi connectivity index (χ1) is 26.2. The number of fused-ring (bicyclic) bond motifs is 1. The second kappa shape index (κ2) is 19.9. The molecule has 54 heavy (non-hydrogen) atoms. The molecule has 1 aliphatic heterocycles. The van der Waals surface area contributed by atoms with E-state index in [-0.39, 0.29) is 47.0 Å². The zero-order valence-corrected chi connectivity index (χ0v) is 29.9. The van der Waals surface area contributed by atoms with Gasteiger partial charge in [-0.05, 0) is 41.3 Å². The molecule has 0 saturated carbocycles. The van der Waals surface area contributed by atoms with Crippen LogP contribution in [0.25, 0.3) is 0 Å². The molecule has 5 rings (SSSR count). The summed E-state index contributed by atoms with van der Waals surface area (Å²) in [6.45, 7) is 4.96. The highest BCUT2D eigenvalue weighted by atomic mass is 16.6. The minimum absolute atomic E-state index is 0.0414. The molecule has 18 nitrogen and oxygen atoms in total. The van der Waals surface area contributed by atoms with E-state index >= 15 is 0 Å². The molecule has 0 aliphatic carbocycles. The van der Waals surface area contributed by atoms with Crippen LogP contribution in [0.3, 0.4) is 0 Å². The van der Waals surface area contributed by atoms with Crippen LogP contribution in [0.15, 0.2) is 48.9 Å². The van der Waals surface area contributed by atoms with Crippen LogP contribution in [-0.2, 0) is 43.3 Å². The lowest BCUT2D eigenvalue weighted by atomic mass is 9.97. The Morgan fingerprint density at radius 3 is 2.33 bits per heavy atom. The Kier molecular flexibility index (Phi) is 14.5. The highest BCUT2D eigenvalue weighted by Gasteiger charge is 2.21. The van der Waals surface area contributed by atoms with Crippen LogP contribution in [0.2, 0.25) is 0 Å². The third-order valence-electron chi connectivity index (χ3n) is 8.56. The molecular formula is C36H47N11O7. The second-order valence-electron chi connectivity index (χ2n) is 12.3. The molecule has 0 unspecified atom stereocenters. The number of nitrogens with zero attached hydrogens (tertiary/aromatic N) is 4. The van der Waals surface area contributed by atoms with Gasteiger partial charge in [-0.2, -0.15) is 5.10 Å². The average Bonchev–Trinajstić information content (AvgIpc) is 3.61. The Bertz CT molecular complexity index is 1890. The maximum absolute atomic E-state index is 12.9. The standard InChI is InChI=1S/C36H47N11O7/c37-28-18-25(3-4-29(28)48)32(38)31-34(40)43-22-44-35(31)42-19-23-1-2-26-21-47(8-5-24(26)17-23)30(49)6-9-51-11-13-53-15-16-54-14-12-52-10-7-41-36(50)27-20-45-46-33(27)39/h1-4,17-18,20,22,38,48H,5-16,19,21,37H2,(H,41,50)(H3,39,45,46)(H3,40,42,43,44). The van der Waals surface area contributed by atoms with Crippen molar-refractivity contribution in [3.63, 3.8) is 0 Å². The number of anilines is 4. The number of nitrogen functional groups attached to an aromatic ring is 3. The molecule has 0 bridgehead atoms. The van der Waals surface area contributed by atoms with Gasteiger partial charge in [-0.15, -0.1) is 0 Å². The molecule has 2 amide bonds. The van der Waals surface area contributed by atoms with Gasteiger partial charge in [-0.3, -0.25) is 20.1 Å². The number of amides is 2. The van der Waals surface area contributed by atoms with Crippen LogP contribution in [0, 0.1) is 5.41 Å². The van der Waals surface area contributed by atoms with Crippen molar-refractivity contribution in [2.75, 3.05) is 88.5 Å². The largest absolute Gasteiger partial charge is 0.506 e. The van der Waals surface area contributed by atoms with Gasteiger partial charge in [-0.1, -0.05) is 18.2 Å². The molecule has 4 aromatic rings. The Balaban J connectivity index is 0.918. The van der Waals surface area contributed by atoms with Crippen molar-refractivity contribution in [1.29, 1.82) is 5.41 Å². The van der Waals surface area contributed by atoms with Crippen molar-refractivity contribution in [2.24, 2.45) is 0 Å². The topological polar surface area (TPSA) is 275 Å². The predicted molar refractivity (Wildman–Crippen MR) is 201 cm³/mol. The fourth-order valence-corrected chi connectivity index (χ4v) is 5.64. The van der Waals surface area contributed by atoms with E-state index in [0.717, 1.165) is 17.5 Å². The van der Waals surface area contributed by atoms with Gasteiger partial charge >= 0.3 is 0 Å². The highest BCUT2D eigenvalue weighted by Crippen LogP contribution is 2.27. The summed E-state index contributed by atoms with van der Waals surface area (Å²) < 4.78 is 22.0. The lowest BCUT2D eigenvalue weighted by Gasteiger charge is -2.29. The quantitative estimate of drug-likeness (QED) is 0.0260. The smallest absolute Gasteiger partial charge is 0.256 e. The lowest BCUT2D eigenvalue weighted by molar-refractivity contribution is -0.133. The summed E-state index contributed by atoms with van der Waals surface area (Å²) in [7, 11) is 0. The minimum Gasteiger partial charge on any atom is -0.506 e. The maximum atomic E-state index is 12.9. The Morgan fingerprint density at radius 2 is 1.63 bits per heavy atom. The van der Waals surface area contributed by atoms with Gasteiger partial charge in [-0.25, -0.2) is 9.97 Å². The highest BCUT2D eigenvalue weighted by molar-refractivity contribution is 6.16. The number of phenols is 1. The molecule has 11 N–H and O–H groups in total. The van der Waals surface area contributed by atoms with E-state index in [9.17, 15) is 14.7 Å². The average molecular weight is 746 g/mol. The SMILES string of the molecule is N=C(c1ccc(O)c(N)c1)c1c(N)ncnc1NCc1ccc2c(c1)CCN(C(=O)CCOCCOCCOCCOCCNC(=O)c1cn[nH]c1N)C2. The van der Waals surface area contributed by atoms with Gasteiger partial charge in [0.15, 0.2) is 0 Å². The van der Waals surface area contributed by atoms with E-state index in [1.807, 2.05) is 17.0 Å². The minimum atomic E-state index is -0.313. The van der Waals surface area contributed by atoms with Gasteiger partial charge in [0.25, 0.3) is 5.91 Å². The third kappa shape index (κ3) is 11.1. The van der Waals surface area contributed by atoms with Crippen molar-refractivity contribution < 1.29 is 33.6 Å². The molecule has 0 atom stereocenters. The van der Waals surface area contributed by atoms with Crippen molar-refractivity contribution in [3.8, 4) is 5.75 Å². The number of nitrogens with two attached hydrogens (primary N) is 3. The van der Waals surface area contributed by atoms with Gasteiger partial charge < -0.3 is 56.8 Å². The molecule has 0 fully saturated rings. The van der Waals surface area contributed by atoms with Crippen molar-refractivity contribution >= 4 is 40.7 Å². The maximum Gasteiger partial charge on any atom is 0.256 e. The predicted octanol–water partition coefficient (Wildman–Crippen LogP) is 1.45. The van der Waals surface area contributed by atoms with Gasteiger partial charge in [0, 0.05) is 31.7 Å². The number of phenolic OH excluding ortho intramolecular Hbond substituents is 1. The summed E-state index contributed by atoms with van der Waals surface area (Å²) in [6.07, 6.45) is 3.73. The fourth-order valence-electron chi connectivity index (χ4n) is 5.64. The number of carbonyl (C=O) groups is 2. The number of benzene rings is 2. The number of nitrogens with one attached hydrogen (secondary N) is 4. The monoisotopic (exact) mass is 745 g/mol. The molecule has 3 heterocycles. The Morgan fingerprint density at radius 1 is 0.907 bits per heavy atom. The molecule has 2 aromatic carbocycles. The number of hydrogen-bond acceptors (Lipinski definition) is 15. The van der Waals surface area contributed by atoms with Gasteiger partial charge in [0.1, 0.15) is 35.1 Å². The fraction of sp³-hybridized carbons (Fsp3) is 0.389. The number of rotatable bonds is 21. The molecule has 0 radical (unpaired) electrons. The molecule has 2 aromatic heterocycles. The molecule has 1 aliphatic rings. The first-order valence-corrected chi connectivity index (χ1v) is 17.5. The van der Waals surface area contributed by atoms with Crippen LogP contribution in [-0.4, -0.2) is 114 Å². The molecule has 0 saturated heterocycles. The van der Waals surface area contributed by atoms with Crippen LogP contribution >= 0.6 is 0 Å². The summed E-state index contributed by atoms with van der Waals surface area (Å²) in [5.41, 5.74) is 22.2. The normalized spacial score (nSPS) is 12.3. The molecular weight excluding hydrogens is 698 g/mol. The lowest BCUT2D eigenvalue weighted by Crippen LogP contribution is -2.36. The summed E-state index contributed by atoms with van der Waals surface area (Å²) in [5.74, 6) is 0.440. The van der Waals surface area contributed by atoms with Crippen LogP contribution in [0.5, 0.6) is 5.75 Å². The Labute approximate surface area is 312 Å². The van der Waals surface area contributed by atoms with Crippen LogP contribution in [0.1, 0.15) is 44.6 Å². The first-order valence-electron chi connectivity index (χ1n) is 17.5. The van der Waals surface area contributed by atoms with Crippen molar-refractivity contribution in [1.82, 2.24) is 30.4 Å². The van der Waals surface area contributed by atoms with E-state index in [0.29, 0.717) is 102 Å². The van der Waals surface area contributed by atoms with E-state index in [1.165, 1.54) is 30.2 Å². The van der Waals surface area contributed by atoms with Gasteiger partial charge in [0.2, 0.25) is 5.91 Å². The van der Waals surface area contributed by atoms with E-state index < -0.39 is 0 Å². The molecule has 288 valence electrons. The molecule has 0 spiro atoms. The first kappa shape index (κ1) is 39.4. The third-order valence-corrected chi connectivity index (χ3v) is 8.56. The Hall–Kier alpha value is -5.82. The summed E-state index contributed by atoms with van der Waals surface area (Å²) in [4.78, 5) is 35.0. The van der Waals surface area contributed by atoms with E-state index in [1.54, 1.807) is 6.07 Å². The zero-order valence-electron chi connectivity index (χ0n) is 29.9. The van der Waals surface area contributed by atoms with Gasteiger partial charge in [0.05, 0.1) is 82.4 Å². The number of aromatic amines is 1. The number of aromatic nitrogens is 4. The number of aromatic hydroxyl groups is 1. The number of hydrogen-bond donors (Lipinski definition) is 8. The number of H-pyrrole nitrogens is 1. The van der Waals surface area contributed by atoms with Crippen LogP contribution in [0.4, 0.5) is 23.1 Å². The number of carbonyl (C=O) groups excluding carboxylic acids is 2. The van der Waals surface area contributed by atoms with Crippen molar-refractivity contribution in [2.45, 2.75) is 25.9 Å². The summed E-state index contributed by atoms with van der Waals surface area (Å²) >= 11 is 0. The zero-order chi connectivity index (χ0) is 38.3. The van der Waals surface area contributed by atoms with Crippen LogP contribution < -0.4 is 27.8 Å².